The number of aromatic hydroxyl groups is 1. The molecule has 1 atom stereocenters. The Labute approximate surface area is 96.4 Å². The lowest BCUT2D eigenvalue weighted by atomic mass is 10.2. The fourth-order valence-electron chi connectivity index (χ4n) is 1.32. The zero-order valence-electron chi connectivity index (χ0n) is 8.21. The second kappa shape index (κ2) is 4.40. The Morgan fingerprint density at radius 1 is 1.31 bits per heavy atom. The first-order chi connectivity index (χ1) is 7.66. The zero-order chi connectivity index (χ0) is 11.5. The Hall–Kier alpha value is -1.75. The molecule has 1 aliphatic heterocycles. The number of hydrogen-bond acceptors (Lipinski definition) is 4. The van der Waals surface area contributed by atoms with Gasteiger partial charge >= 0.3 is 0 Å². The number of nitrogens with one attached hydrogen (secondary N) is 1. The number of benzene rings is 1. The second-order valence-electron chi connectivity index (χ2n) is 3.23. The average molecular weight is 235 g/mol. The molecule has 0 radical (unpaired) electrons. The summed E-state index contributed by atoms with van der Waals surface area (Å²) in [6.07, 6.45) is 3.23. The maximum Gasteiger partial charge on any atom is 0.286 e. The van der Waals surface area contributed by atoms with Crippen molar-refractivity contribution >= 4 is 29.0 Å². The van der Waals surface area contributed by atoms with Gasteiger partial charge in [0.25, 0.3) is 5.24 Å². The largest absolute Gasteiger partial charge is 0.507 e. The van der Waals surface area contributed by atoms with Gasteiger partial charge in [0.15, 0.2) is 0 Å². The third-order valence-corrected chi connectivity index (χ3v) is 3.05. The van der Waals surface area contributed by atoms with E-state index in [1.54, 1.807) is 36.4 Å². The van der Waals surface area contributed by atoms with Crippen molar-refractivity contribution in [1.82, 2.24) is 5.32 Å². The van der Waals surface area contributed by atoms with Gasteiger partial charge in [-0.15, -0.1) is 0 Å². The monoisotopic (exact) mass is 235 g/mol. The maximum atomic E-state index is 11.2. The minimum Gasteiger partial charge on any atom is -0.507 e. The van der Waals surface area contributed by atoms with Crippen molar-refractivity contribution in [3.05, 3.63) is 35.9 Å². The molecule has 0 aliphatic carbocycles. The number of hydrogen-bond donors (Lipinski definition) is 2. The van der Waals surface area contributed by atoms with E-state index in [2.05, 4.69) is 5.32 Å². The molecular formula is C11H9NO3S. The number of imide groups is 1. The molecule has 82 valence electrons. The van der Waals surface area contributed by atoms with Gasteiger partial charge in [0.2, 0.25) is 5.91 Å². The van der Waals surface area contributed by atoms with Crippen molar-refractivity contribution in [2.24, 2.45) is 0 Å². The highest BCUT2D eigenvalue weighted by molar-refractivity contribution is 8.15. The molecule has 5 heteroatoms. The van der Waals surface area contributed by atoms with Gasteiger partial charge in [0, 0.05) is 5.56 Å². The Morgan fingerprint density at radius 3 is 2.69 bits per heavy atom. The lowest BCUT2D eigenvalue weighted by Gasteiger charge is -1.99. The molecule has 1 unspecified atom stereocenters. The van der Waals surface area contributed by atoms with Crippen LogP contribution in [-0.4, -0.2) is 21.5 Å². The highest BCUT2D eigenvalue weighted by Gasteiger charge is 2.29. The first-order valence-corrected chi connectivity index (χ1v) is 5.52. The molecule has 2 amide bonds. The van der Waals surface area contributed by atoms with E-state index in [4.69, 9.17) is 0 Å². The number of phenols is 1. The topological polar surface area (TPSA) is 66.4 Å². The molecule has 0 spiro atoms. The van der Waals surface area contributed by atoms with E-state index in [-0.39, 0.29) is 16.9 Å². The number of carbonyl (C=O) groups is 2. The molecule has 0 saturated carbocycles. The first-order valence-electron chi connectivity index (χ1n) is 4.64. The number of rotatable bonds is 2. The molecule has 16 heavy (non-hydrogen) atoms. The number of amides is 2. The molecule has 1 aliphatic rings. The lowest BCUT2D eigenvalue weighted by molar-refractivity contribution is -0.118. The van der Waals surface area contributed by atoms with Gasteiger partial charge in [-0.25, -0.2) is 0 Å². The van der Waals surface area contributed by atoms with Crippen LogP contribution in [0.5, 0.6) is 5.75 Å². The van der Waals surface area contributed by atoms with Crippen molar-refractivity contribution in [2.75, 3.05) is 0 Å². The predicted octanol–water partition coefficient (Wildman–Crippen LogP) is 1.76. The van der Waals surface area contributed by atoms with Gasteiger partial charge in [-0.3, -0.25) is 14.9 Å². The van der Waals surface area contributed by atoms with Crippen molar-refractivity contribution in [2.45, 2.75) is 5.25 Å². The Balaban J connectivity index is 2.13. The third-order valence-electron chi connectivity index (χ3n) is 2.11. The summed E-state index contributed by atoms with van der Waals surface area (Å²) in [5.41, 5.74) is 0.621. The summed E-state index contributed by atoms with van der Waals surface area (Å²) >= 11 is 0.931. The van der Waals surface area contributed by atoms with Crippen molar-refractivity contribution in [3.8, 4) is 5.75 Å². The SMILES string of the molecule is O=C1NC(=O)C(/C=C/c2ccccc2O)S1. The van der Waals surface area contributed by atoms with Crippen LogP contribution in [0.3, 0.4) is 0 Å². The van der Waals surface area contributed by atoms with Gasteiger partial charge in [-0.1, -0.05) is 30.4 Å². The maximum absolute atomic E-state index is 11.2. The van der Waals surface area contributed by atoms with E-state index in [0.29, 0.717) is 5.56 Å². The predicted molar refractivity (Wildman–Crippen MR) is 62.1 cm³/mol. The molecule has 1 aromatic carbocycles. The summed E-state index contributed by atoms with van der Waals surface area (Å²) in [4.78, 5) is 22.1. The first kappa shape index (κ1) is 10.8. The smallest absolute Gasteiger partial charge is 0.286 e. The van der Waals surface area contributed by atoms with Crippen LogP contribution in [0, 0.1) is 0 Å². The summed E-state index contributed by atoms with van der Waals surface area (Å²) in [5.74, 6) is -0.171. The van der Waals surface area contributed by atoms with E-state index >= 15 is 0 Å². The standard InChI is InChI=1S/C11H9NO3S/c13-8-4-2-1-3-7(8)5-6-9-10(14)12-11(15)16-9/h1-6,9,13H,(H,12,14,15)/b6-5+. The number of carbonyl (C=O) groups excluding carboxylic acids is 2. The fourth-order valence-corrected chi connectivity index (χ4v) is 2.03. The molecule has 2 rings (SSSR count). The highest BCUT2D eigenvalue weighted by Crippen LogP contribution is 2.23. The van der Waals surface area contributed by atoms with E-state index in [9.17, 15) is 14.7 Å². The number of para-hydroxylation sites is 1. The highest BCUT2D eigenvalue weighted by atomic mass is 32.2. The zero-order valence-corrected chi connectivity index (χ0v) is 9.03. The van der Waals surface area contributed by atoms with Crippen LogP contribution in [0.4, 0.5) is 4.79 Å². The van der Waals surface area contributed by atoms with Crippen LogP contribution in [0.25, 0.3) is 6.08 Å². The van der Waals surface area contributed by atoms with Gasteiger partial charge in [-0.05, 0) is 17.8 Å². The molecule has 0 aromatic heterocycles. The van der Waals surface area contributed by atoms with Crippen LogP contribution < -0.4 is 5.32 Å². The molecule has 1 heterocycles. The number of thioether (sulfide) groups is 1. The molecule has 1 fully saturated rings. The van der Waals surface area contributed by atoms with Crippen molar-refractivity contribution < 1.29 is 14.7 Å². The molecule has 1 saturated heterocycles. The van der Waals surface area contributed by atoms with Crippen LogP contribution in [0.2, 0.25) is 0 Å². The summed E-state index contributed by atoms with van der Waals surface area (Å²) in [5, 5.41) is 10.8. The quantitative estimate of drug-likeness (QED) is 0.819. The van der Waals surface area contributed by atoms with Gasteiger partial charge in [0.05, 0.1) is 0 Å². The summed E-state index contributed by atoms with van der Waals surface area (Å²) < 4.78 is 0. The van der Waals surface area contributed by atoms with Gasteiger partial charge in [0.1, 0.15) is 11.0 Å². The van der Waals surface area contributed by atoms with Crippen molar-refractivity contribution in [3.63, 3.8) is 0 Å². The lowest BCUT2D eigenvalue weighted by Crippen LogP contribution is -2.22. The van der Waals surface area contributed by atoms with Crippen molar-refractivity contribution in [1.29, 1.82) is 0 Å². The van der Waals surface area contributed by atoms with E-state index in [1.807, 2.05) is 0 Å². The number of phenolic OH excluding ortho intramolecular Hbond substituents is 1. The van der Waals surface area contributed by atoms with E-state index in [0.717, 1.165) is 11.8 Å². The summed E-state index contributed by atoms with van der Waals surface area (Å²) in [6, 6.07) is 6.79. The normalized spacial score (nSPS) is 20.4. The molecular weight excluding hydrogens is 226 g/mol. The molecule has 4 nitrogen and oxygen atoms in total. The minimum atomic E-state index is -0.507. The summed E-state index contributed by atoms with van der Waals surface area (Å²) in [7, 11) is 0. The minimum absolute atomic E-state index is 0.147. The van der Waals surface area contributed by atoms with E-state index < -0.39 is 5.25 Å². The summed E-state index contributed by atoms with van der Waals surface area (Å²) in [6.45, 7) is 0. The van der Waals surface area contributed by atoms with E-state index in [1.165, 1.54) is 0 Å². The molecule has 2 N–H and O–H groups in total. The van der Waals surface area contributed by atoms with Crippen LogP contribution in [0.1, 0.15) is 5.56 Å². The third kappa shape index (κ3) is 2.25. The Kier molecular flexibility index (Phi) is 2.96. The van der Waals surface area contributed by atoms with Crippen LogP contribution in [-0.2, 0) is 4.79 Å². The molecule has 1 aromatic rings. The van der Waals surface area contributed by atoms with Gasteiger partial charge < -0.3 is 5.11 Å². The Bertz CT molecular complexity index is 470. The fraction of sp³-hybridized carbons (Fsp3) is 0.0909. The van der Waals surface area contributed by atoms with Gasteiger partial charge in [-0.2, -0.15) is 0 Å². The molecule has 0 bridgehead atoms. The van der Waals surface area contributed by atoms with Crippen LogP contribution >= 0.6 is 11.8 Å². The average Bonchev–Trinajstić information content (AvgIpc) is 2.56. The second-order valence-corrected chi connectivity index (χ2v) is 4.35. The Morgan fingerprint density at radius 2 is 2.06 bits per heavy atom. The van der Waals surface area contributed by atoms with Crippen LogP contribution in [0.15, 0.2) is 30.3 Å².